The molecule has 1 aromatic carbocycles. The molecule has 0 fully saturated rings. The Hall–Kier alpha value is -0.680. The van der Waals surface area contributed by atoms with E-state index in [-0.39, 0.29) is 5.56 Å². The highest BCUT2D eigenvalue weighted by Crippen LogP contribution is 2.20. The van der Waals surface area contributed by atoms with Crippen LogP contribution in [-0.4, -0.2) is 8.42 Å². The van der Waals surface area contributed by atoms with E-state index in [1.54, 1.807) is 0 Å². The molecule has 0 spiro atoms. The minimum Gasteiger partial charge on any atom is -0.207 e. The van der Waals surface area contributed by atoms with Gasteiger partial charge in [0.05, 0.1) is 4.90 Å². The zero-order chi connectivity index (χ0) is 10.2. The van der Waals surface area contributed by atoms with Gasteiger partial charge >= 0.3 is 0 Å². The number of hydrogen-bond acceptors (Lipinski definition) is 2. The molecule has 0 saturated heterocycles. The number of rotatable bonds is 1. The Bertz CT molecular complexity index is 419. The van der Waals surface area contributed by atoms with E-state index in [2.05, 4.69) is 0 Å². The van der Waals surface area contributed by atoms with Gasteiger partial charge in [0.25, 0.3) is 9.05 Å². The zero-order valence-corrected chi connectivity index (χ0v) is 8.09. The molecular weight excluding hydrogens is 222 g/mol. The first-order valence-electron chi connectivity index (χ1n) is 3.22. The third kappa shape index (κ3) is 2.16. The lowest BCUT2D eigenvalue weighted by atomic mass is 10.2. The maximum atomic E-state index is 12.7. The van der Waals surface area contributed by atoms with Crippen LogP contribution in [0, 0.1) is 18.6 Å². The van der Waals surface area contributed by atoms with E-state index in [4.69, 9.17) is 10.7 Å². The minimum absolute atomic E-state index is 0.0979. The lowest BCUT2D eigenvalue weighted by Crippen LogP contribution is -1.96. The smallest absolute Gasteiger partial charge is 0.207 e. The van der Waals surface area contributed by atoms with Gasteiger partial charge in [-0.15, -0.1) is 0 Å². The van der Waals surface area contributed by atoms with E-state index in [1.165, 1.54) is 6.92 Å². The Kier molecular flexibility index (Phi) is 2.58. The van der Waals surface area contributed by atoms with Gasteiger partial charge in [-0.3, -0.25) is 0 Å². The van der Waals surface area contributed by atoms with Crippen LogP contribution < -0.4 is 0 Å². The summed E-state index contributed by atoms with van der Waals surface area (Å²) in [6.45, 7) is 1.25. The molecule has 0 atom stereocenters. The van der Waals surface area contributed by atoms with E-state index >= 15 is 0 Å². The summed E-state index contributed by atoms with van der Waals surface area (Å²) in [5.41, 5.74) is -0.0979. The summed E-state index contributed by atoms with van der Waals surface area (Å²) in [5.74, 6) is -2.29. The number of hydrogen-bond donors (Lipinski definition) is 0. The maximum absolute atomic E-state index is 12.7. The molecule has 0 aliphatic carbocycles. The van der Waals surface area contributed by atoms with Gasteiger partial charge in [0, 0.05) is 10.7 Å². The second-order valence-corrected chi connectivity index (χ2v) is 5.04. The first-order chi connectivity index (χ1) is 5.82. The molecule has 0 saturated carbocycles. The second kappa shape index (κ2) is 3.23. The van der Waals surface area contributed by atoms with Crippen molar-refractivity contribution in [2.75, 3.05) is 0 Å². The Morgan fingerprint density at radius 3 is 2.23 bits per heavy atom. The lowest BCUT2D eigenvalue weighted by Gasteiger charge is -2.00. The van der Waals surface area contributed by atoms with Crippen molar-refractivity contribution in [1.82, 2.24) is 0 Å². The topological polar surface area (TPSA) is 34.1 Å². The van der Waals surface area contributed by atoms with Crippen LogP contribution in [0.3, 0.4) is 0 Å². The van der Waals surface area contributed by atoms with Crippen molar-refractivity contribution in [1.29, 1.82) is 0 Å². The molecule has 72 valence electrons. The predicted molar refractivity (Wildman–Crippen MR) is 44.1 cm³/mol. The van der Waals surface area contributed by atoms with Crippen LogP contribution >= 0.6 is 10.7 Å². The first-order valence-corrected chi connectivity index (χ1v) is 5.53. The zero-order valence-electron chi connectivity index (χ0n) is 6.51. The van der Waals surface area contributed by atoms with Gasteiger partial charge in [-0.2, -0.15) is 0 Å². The van der Waals surface area contributed by atoms with Gasteiger partial charge in [0.2, 0.25) is 0 Å². The van der Waals surface area contributed by atoms with Gasteiger partial charge in [-0.05, 0) is 24.6 Å². The second-order valence-electron chi connectivity index (χ2n) is 2.47. The molecule has 13 heavy (non-hydrogen) atoms. The van der Waals surface area contributed by atoms with Crippen LogP contribution in [0.5, 0.6) is 0 Å². The fourth-order valence-electron chi connectivity index (χ4n) is 0.836. The summed E-state index contributed by atoms with van der Waals surface area (Å²) < 4.78 is 46.8. The Morgan fingerprint density at radius 1 is 1.31 bits per heavy atom. The van der Waals surface area contributed by atoms with Gasteiger partial charge < -0.3 is 0 Å². The van der Waals surface area contributed by atoms with Gasteiger partial charge in [0.15, 0.2) is 11.6 Å². The Balaban J connectivity index is 3.47. The van der Waals surface area contributed by atoms with Gasteiger partial charge in [0.1, 0.15) is 0 Å². The summed E-state index contributed by atoms with van der Waals surface area (Å²) >= 11 is 0. The minimum atomic E-state index is -4.00. The van der Waals surface area contributed by atoms with Crippen LogP contribution in [0.15, 0.2) is 17.0 Å². The average molecular weight is 227 g/mol. The van der Waals surface area contributed by atoms with Gasteiger partial charge in [-0.25, -0.2) is 17.2 Å². The summed E-state index contributed by atoms with van der Waals surface area (Å²) in [7, 11) is 0.939. The molecule has 0 aliphatic rings. The van der Waals surface area contributed by atoms with Crippen molar-refractivity contribution in [3.63, 3.8) is 0 Å². The highest BCUT2D eigenvalue weighted by atomic mass is 35.7. The predicted octanol–water partition coefficient (Wildman–Crippen LogP) is 2.20. The third-order valence-corrected chi connectivity index (χ3v) is 2.80. The highest BCUT2D eigenvalue weighted by Gasteiger charge is 2.15. The molecule has 0 heterocycles. The van der Waals surface area contributed by atoms with E-state index in [1.807, 2.05) is 0 Å². The van der Waals surface area contributed by atoms with Crippen LogP contribution in [0.1, 0.15) is 5.56 Å². The normalized spacial score (nSPS) is 11.7. The summed E-state index contributed by atoms with van der Waals surface area (Å²) in [5, 5.41) is 0. The highest BCUT2D eigenvalue weighted by molar-refractivity contribution is 8.13. The molecule has 1 rings (SSSR count). The number of halogens is 3. The quantitative estimate of drug-likeness (QED) is 0.688. The van der Waals surface area contributed by atoms with Crippen molar-refractivity contribution < 1.29 is 17.2 Å². The van der Waals surface area contributed by atoms with Crippen molar-refractivity contribution in [2.45, 2.75) is 11.8 Å². The summed E-state index contributed by atoms with van der Waals surface area (Å²) in [6.07, 6.45) is 0. The first kappa shape index (κ1) is 10.4. The molecule has 0 unspecified atom stereocenters. The Labute approximate surface area is 78.6 Å². The summed E-state index contributed by atoms with van der Waals surface area (Å²) in [6, 6.07) is 1.52. The summed E-state index contributed by atoms with van der Waals surface area (Å²) in [4.78, 5) is -0.439. The molecule has 0 aromatic heterocycles. The molecule has 0 bridgehead atoms. The molecule has 0 amide bonds. The van der Waals surface area contributed by atoms with Crippen molar-refractivity contribution in [2.24, 2.45) is 0 Å². The van der Waals surface area contributed by atoms with Crippen LogP contribution in [0.2, 0.25) is 0 Å². The van der Waals surface area contributed by atoms with Crippen molar-refractivity contribution in [3.8, 4) is 0 Å². The monoisotopic (exact) mass is 226 g/mol. The van der Waals surface area contributed by atoms with E-state index in [0.29, 0.717) is 6.07 Å². The number of aryl methyl sites for hydroxylation is 1. The maximum Gasteiger partial charge on any atom is 0.261 e. The molecular formula is C7H5ClF2O2S. The molecule has 2 nitrogen and oxygen atoms in total. The standard InChI is InChI=1S/C7H5ClF2O2S/c1-4-2-5(13(8,11)12)3-6(9)7(4)10/h2-3H,1H3. The van der Waals surface area contributed by atoms with Crippen LogP contribution in [0.4, 0.5) is 8.78 Å². The molecule has 0 aliphatic heterocycles. The number of benzene rings is 1. The molecule has 6 heteroatoms. The van der Waals surface area contributed by atoms with E-state index in [9.17, 15) is 17.2 Å². The lowest BCUT2D eigenvalue weighted by molar-refractivity contribution is 0.499. The third-order valence-electron chi connectivity index (χ3n) is 1.47. The van der Waals surface area contributed by atoms with Gasteiger partial charge in [-0.1, -0.05) is 0 Å². The largest absolute Gasteiger partial charge is 0.261 e. The van der Waals surface area contributed by atoms with Crippen molar-refractivity contribution >= 4 is 19.7 Å². The van der Waals surface area contributed by atoms with Crippen LogP contribution in [0.25, 0.3) is 0 Å². The SMILES string of the molecule is Cc1cc(S(=O)(=O)Cl)cc(F)c1F. The molecule has 0 N–H and O–H groups in total. The van der Waals surface area contributed by atoms with E-state index < -0.39 is 25.6 Å². The van der Waals surface area contributed by atoms with E-state index in [0.717, 1.165) is 6.07 Å². The average Bonchev–Trinajstić information content (AvgIpc) is 1.97. The Morgan fingerprint density at radius 2 is 1.85 bits per heavy atom. The fraction of sp³-hybridized carbons (Fsp3) is 0.143. The fourth-order valence-corrected chi connectivity index (χ4v) is 1.66. The molecule has 1 aromatic rings. The van der Waals surface area contributed by atoms with Crippen LogP contribution in [-0.2, 0) is 9.05 Å². The molecule has 0 radical (unpaired) electrons. The van der Waals surface area contributed by atoms with Crippen molar-refractivity contribution in [3.05, 3.63) is 29.3 Å².